The molecular formula is C20H15ClFN3O4S. The molecule has 1 fully saturated rings. The maximum absolute atomic E-state index is 14.3. The molecule has 0 radical (unpaired) electrons. The summed E-state index contributed by atoms with van der Waals surface area (Å²) in [6.45, 7) is 0.135. The van der Waals surface area contributed by atoms with Crippen molar-refractivity contribution in [1.29, 1.82) is 0 Å². The Labute approximate surface area is 180 Å². The molecule has 0 atom stereocenters. The molecule has 154 valence electrons. The molecule has 1 heterocycles. The molecule has 2 aromatic carbocycles. The highest BCUT2D eigenvalue weighted by Crippen LogP contribution is 2.24. The van der Waals surface area contributed by atoms with Crippen LogP contribution in [-0.4, -0.2) is 30.4 Å². The number of amides is 1. The van der Waals surface area contributed by atoms with Crippen LogP contribution in [0.2, 0.25) is 5.02 Å². The summed E-state index contributed by atoms with van der Waals surface area (Å²) in [6.07, 6.45) is 2.38. The van der Waals surface area contributed by atoms with E-state index in [1.54, 1.807) is 24.3 Å². The number of benzene rings is 2. The Morgan fingerprint density at radius 1 is 1.30 bits per heavy atom. The molecule has 0 aromatic heterocycles. The van der Waals surface area contributed by atoms with Crippen LogP contribution in [0.15, 0.2) is 63.6 Å². The lowest BCUT2D eigenvalue weighted by Gasteiger charge is -2.08. The van der Waals surface area contributed by atoms with Crippen molar-refractivity contribution in [3.8, 4) is 5.75 Å². The quantitative estimate of drug-likeness (QED) is 0.316. The molecule has 1 aliphatic rings. The average Bonchev–Trinajstić information content (AvgIpc) is 3.07. The fraction of sp³-hybridized carbons (Fsp3) is 0.100. The minimum Gasteiger partial charge on any atom is -0.486 e. The maximum atomic E-state index is 14.3. The number of hydrogen-bond donors (Lipinski definition) is 1. The zero-order valence-electron chi connectivity index (χ0n) is 15.6. The summed E-state index contributed by atoms with van der Waals surface area (Å²) in [5.41, 5.74) is 1.19. The highest BCUT2D eigenvalue weighted by molar-refractivity contribution is 8.18. The molecule has 0 saturated carbocycles. The molecule has 0 aliphatic carbocycles. The second-order valence-electron chi connectivity index (χ2n) is 5.81. The van der Waals surface area contributed by atoms with Gasteiger partial charge in [-0.15, -0.1) is 5.10 Å². The Kier molecular flexibility index (Phi) is 7.21. The first-order chi connectivity index (χ1) is 14.5. The lowest BCUT2D eigenvalue weighted by atomic mass is 10.2. The molecule has 3 rings (SSSR count). The van der Waals surface area contributed by atoms with Gasteiger partial charge >= 0.3 is 5.97 Å². The van der Waals surface area contributed by atoms with Gasteiger partial charge in [0, 0.05) is 16.7 Å². The zero-order chi connectivity index (χ0) is 21.5. The number of methoxy groups -OCH3 is 1. The molecule has 2 aromatic rings. The molecule has 1 aliphatic heterocycles. The van der Waals surface area contributed by atoms with Gasteiger partial charge in [-0.1, -0.05) is 29.8 Å². The third-order valence-corrected chi connectivity index (χ3v) is 5.02. The molecule has 1 amide bonds. The van der Waals surface area contributed by atoms with Crippen molar-refractivity contribution in [1.82, 2.24) is 5.32 Å². The van der Waals surface area contributed by atoms with E-state index in [0.29, 0.717) is 10.6 Å². The fourth-order valence-electron chi connectivity index (χ4n) is 2.27. The fourth-order valence-corrected chi connectivity index (χ4v) is 3.20. The minimum atomic E-state index is -0.648. The van der Waals surface area contributed by atoms with Gasteiger partial charge in [-0.2, -0.15) is 5.10 Å². The van der Waals surface area contributed by atoms with Crippen molar-refractivity contribution in [3.63, 3.8) is 0 Å². The van der Waals surface area contributed by atoms with E-state index in [0.717, 1.165) is 23.4 Å². The van der Waals surface area contributed by atoms with Gasteiger partial charge in [0.05, 0.1) is 18.2 Å². The monoisotopic (exact) mass is 447 g/mol. The summed E-state index contributed by atoms with van der Waals surface area (Å²) in [5.74, 6) is -1.62. The van der Waals surface area contributed by atoms with Crippen LogP contribution >= 0.6 is 23.4 Å². The largest absolute Gasteiger partial charge is 0.486 e. The van der Waals surface area contributed by atoms with Gasteiger partial charge in [0.25, 0.3) is 5.91 Å². The van der Waals surface area contributed by atoms with Crippen LogP contribution in [0.5, 0.6) is 5.75 Å². The lowest BCUT2D eigenvalue weighted by molar-refractivity contribution is -0.135. The van der Waals surface area contributed by atoms with Crippen LogP contribution in [0.1, 0.15) is 11.1 Å². The van der Waals surface area contributed by atoms with Gasteiger partial charge in [-0.25, -0.2) is 9.18 Å². The molecule has 1 saturated heterocycles. The zero-order valence-corrected chi connectivity index (χ0v) is 17.2. The first kappa shape index (κ1) is 21.5. The highest BCUT2D eigenvalue weighted by atomic mass is 35.5. The van der Waals surface area contributed by atoms with E-state index in [2.05, 4.69) is 20.3 Å². The molecule has 7 nitrogen and oxygen atoms in total. The number of thioether (sulfide) groups is 1. The standard InChI is InChI=1S/C20H15ClFN3O4S/c1-28-18(26)9-17-19(27)24-20(30-17)25-23-10-12-6-7-16(15(22)8-12)29-11-13-4-2-3-5-14(13)21/h2-10H,11H2,1H3,(H,24,25,27)/b17-9+,23-10?. The van der Waals surface area contributed by atoms with Crippen LogP contribution in [0.4, 0.5) is 4.39 Å². The van der Waals surface area contributed by atoms with Crippen LogP contribution < -0.4 is 10.1 Å². The predicted molar refractivity (Wildman–Crippen MR) is 113 cm³/mol. The summed E-state index contributed by atoms with van der Waals surface area (Å²) in [7, 11) is 1.21. The SMILES string of the molecule is COC(=O)/C=C1/S/C(=N\N=Cc2ccc(OCc3ccccc3Cl)c(F)c2)NC1=O. The van der Waals surface area contributed by atoms with Gasteiger partial charge in [0.2, 0.25) is 0 Å². The molecule has 30 heavy (non-hydrogen) atoms. The van der Waals surface area contributed by atoms with Crippen LogP contribution in [0, 0.1) is 5.82 Å². The van der Waals surface area contributed by atoms with Crippen molar-refractivity contribution in [2.24, 2.45) is 10.2 Å². The lowest BCUT2D eigenvalue weighted by Crippen LogP contribution is -2.19. The van der Waals surface area contributed by atoms with Gasteiger partial charge in [0.1, 0.15) is 6.61 Å². The second-order valence-corrected chi connectivity index (χ2v) is 7.25. The first-order valence-corrected chi connectivity index (χ1v) is 9.71. The van der Waals surface area contributed by atoms with E-state index < -0.39 is 17.7 Å². The van der Waals surface area contributed by atoms with Crippen LogP contribution in [0.3, 0.4) is 0 Å². The Bertz CT molecular complexity index is 1070. The van der Waals surface area contributed by atoms with E-state index in [1.807, 2.05) is 6.07 Å². The Hall–Kier alpha value is -3.17. The van der Waals surface area contributed by atoms with E-state index in [9.17, 15) is 14.0 Å². The third kappa shape index (κ3) is 5.68. The number of nitrogens with zero attached hydrogens (tertiary/aromatic N) is 2. The average molecular weight is 448 g/mol. The summed E-state index contributed by atoms with van der Waals surface area (Å²) in [4.78, 5) is 23.1. The summed E-state index contributed by atoms with van der Waals surface area (Å²) in [5, 5.41) is 10.9. The van der Waals surface area contributed by atoms with Crippen molar-refractivity contribution in [2.75, 3.05) is 7.11 Å². The number of halogens is 2. The van der Waals surface area contributed by atoms with E-state index in [4.69, 9.17) is 16.3 Å². The number of hydrogen-bond acceptors (Lipinski definition) is 7. The molecule has 0 unspecified atom stereocenters. The van der Waals surface area contributed by atoms with E-state index in [1.165, 1.54) is 25.5 Å². The second kappa shape index (κ2) is 10.0. The number of esters is 1. The first-order valence-electron chi connectivity index (χ1n) is 8.52. The van der Waals surface area contributed by atoms with Crippen molar-refractivity contribution < 1.29 is 23.5 Å². The number of carbonyl (C=O) groups excluding carboxylic acids is 2. The van der Waals surface area contributed by atoms with Gasteiger partial charge < -0.3 is 9.47 Å². The number of ether oxygens (including phenoxy) is 2. The van der Waals surface area contributed by atoms with Gasteiger partial charge in [0.15, 0.2) is 16.7 Å². The van der Waals surface area contributed by atoms with Crippen molar-refractivity contribution >= 4 is 46.6 Å². The molecule has 10 heteroatoms. The Morgan fingerprint density at radius 3 is 2.83 bits per heavy atom. The topological polar surface area (TPSA) is 89.3 Å². The van der Waals surface area contributed by atoms with Crippen molar-refractivity contribution in [2.45, 2.75) is 6.61 Å². The summed E-state index contributed by atoms with van der Waals surface area (Å²) in [6, 6.07) is 11.5. The van der Waals surface area contributed by atoms with E-state index >= 15 is 0 Å². The number of rotatable bonds is 6. The number of amidine groups is 1. The van der Waals surface area contributed by atoms with Crippen LogP contribution in [0.25, 0.3) is 0 Å². The third-order valence-electron chi connectivity index (χ3n) is 3.75. The smallest absolute Gasteiger partial charge is 0.331 e. The summed E-state index contributed by atoms with van der Waals surface area (Å²) < 4.78 is 24.2. The normalized spacial score (nSPS) is 16.3. The summed E-state index contributed by atoms with van der Waals surface area (Å²) >= 11 is 7.00. The maximum Gasteiger partial charge on any atom is 0.331 e. The Morgan fingerprint density at radius 2 is 2.10 bits per heavy atom. The number of nitrogens with one attached hydrogen (secondary N) is 1. The molecule has 1 N–H and O–H groups in total. The van der Waals surface area contributed by atoms with Crippen molar-refractivity contribution in [3.05, 3.63) is 75.4 Å². The minimum absolute atomic E-state index is 0.0783. The molecule has 0 spiro atoms. The predicted octanol–water partition coefficient (Wildman–Crippen LogP) is 3.67. The van der Waals surface area contributed by atoms with Gasteiger partial charge in [-0.05, 0) is 41.6 Å². The Balaban J connectivity index is 1.62. The number of carbonyl (C=O) groups is 2. The highest BCUT2D eigenvalue weighted by Gasteiger charge is 2.25. The van der Waals surface area contributed by atoms with Gasteiger partial charge in [-0.3, -0.25) is 10.1 Å². The van der Waals surface area contributed by atoms with E-state index in [-0.39, 0.29) is 22.4 Å². The van der Waals surface area contributed by atoms with Crippen LogP contribution in [-0.2, 0) is 20.9 Å². The molecule has 0 bridgehead atoms. The molecular weight excluding hydrogens is 433 g/mol.